The average Bonchev–Trinajstić information content (AvgIpc) is 3.25. The lowest BCUT2D eigenvalue weighted by atomic mass is 10.1. The molecule has 1 aliphatic rings. The number of nitriles is 1. The molecule has 1 aliphatic carbocycles. The van der Waals surface area contributed by atoms with Crippen LogP contribution in [0, 0.1) is 17.2 Å². The van der Waals surface area contributed by atoms with Crippen LogP contribution in [0.15, 0.2) is 48.7 Å². The molecule has 2 aromatic rings. The van der Waals surface area contributed by atoms with E-state index in [1.165, 1.54) is 0 Å². The highest BCUT2D eigenvalue weighted by molar-refractivity contribution is 5.62. The molecular weight excluding hydrogens is 300 g/mol. The molecule has 0 radical (unpaired) electrons. The van der Waals surface area contributed by atoms with E-state index in [0.717, 1.165) is 23.2 Å². The van der Waals surface area contributed by atoms with Crippen molar-refractivity contribution in [3.8, 4) is 17.3 Å². The molecule has 5 nitrogen and oxygen atoms in total. The number of hydrogen-bond acceptors (Lipinski definition) is 4. The SMILES string of the molecule is N#CCCn1cc(CN[C@@H]2C=C[C@H](CO)C2)c(-c2ccccc2)n1. The number of rotatable bonds is 7. The third-order valence-corrected chi connectivity index (χ3v) is 4.30. The van der Waals surface area contributed by atoms with Gasteiger partial charge in [0.25, 0.3) is 0 Å². The standard InChI is InChI=1S/C19H22N4O/c20-9-4-10-23-13-17(12-21-18-8-7-15(11-18)14-24)19(22-23)16-5-2-1-3-6-16/h1-3,5-8,13,15,18,21,24H,4,10-12,14H2/t15-,18+/m0/s1. The molecule has 0 saturated heterocycles. The highest BCUT2D eigenvalue weighted by Crippen LogP contribution is 2.23. The Bertz CT molecular complexity index is 730. The molecule has 0 saturated carbocycles. The fraction of sp³-hybridized carbons (Fsp3) is 0.368. The highest BCUT2D eigenvalue weighted by Gasteiger charge is 2.19. The van der Waals surface area contributed by atoms with Gasteiger partial charge in [0.15, 0.2) is 0 Å². The Morgan fingerprint density at radius 1 is 1.29 bits per heavy atom. The summed E-state index contributed by atoms with van der Waals surface area (Å²) in [5.41, 5.74) is 3.17. The van der Waals surface area contributed by atoms with E-state index in [1.807, 2.05) is 29.1 Å². The van der Waals surface area contributed by atoms with Gasteiger partial charge in [-0.1, -0.05) is 42.5 Å². The predicted molar refractivity (Wildman–Crippen MR) is 92.9 cm³/mol. The lowest BCUT2D eigenvalue weighted by Gasteiger charge is -2.12. The summed E-state index contributed by atoms with van der Waals surface area (Å²) in [7, 11) is 0. The largest absolute Gasteiger partial charge is 0.396 e. The second-order valence-corrected chi connectivity index (χ2v) is 6.09. The summed E-state index contributed by atoms with van der Waals surface area (Å²) in [5, 5.41) is 26.2. The van der Waals surface area contributed by atoms with Crippen LogP contribution in [0.5, 0.6) is 0 Å². The van der Waals surface area contributed by atoms with E-state index < -0.39 is 0 Å². The summed E-state index contributed by atoms with van der Waals surface area (Å²) in [5.74, 6) is 0.259. The molecule has 0 amide bonds. The summed E-state index contributed by atoms with van der Waals surface area (Å²) in [4.78, 5) is 0. The Morgan fingerprint density at radius 2 is 2.12 bits per heavy atom. The number of aliphatic hydroxyl groups excluding tert-OH is 1. The van der Waals surface area contributed by atoms with Gasteiger partial charge in [0, 0.05) is 42.4 Å². The van der Waals surface area contributed by atoms with E-state index in [9.17, 15) is 5.11 Å². The van der Waals surface area contributed by atoms with Crippen molar-refractivity contribution in [3.63, 3.8) is 0 Å². The normalized spacial score (nSPS) is 19.5. The van der Waals surface area contributed by atoms with Crippen molar-refractivity contribution >= 4 is 0 Å². The molecule has 1 aromatic heterocycles. The van der Waals surface area contributed by atoms with Gasteiger partial charge < -0.3 is 10.4 Å². The van der Waals surface area contributed by atoms with Crippen LogP contribution in [0.25, 0.3) is 11.3 Å². The van der Waals surface area contributed by atoms with Crippen LogP contribution in [-0.2, 0) is 13.1 Å². The van der Waals surface area contributed by atoms with Crippen LogP contribution < -0.4 is 5.32 Å². The fourth-order valence-corrected chi connectivity index (χ4v) is 3.01. The summed E-state index contributed by atoms with van der Waals surface area (Å²) in [6, 6.07) is 12.6. The number of nitrogens with zero attached hydrogens (tertiary/aromatic N) is 3. The van der Waals surface area contributed by atoms with Gasteiger partial charge in [-0.25, -0.2) is 0 Å². The van der Waals surface area contributed by atoms with Crippen LogP contribution in [0.1, 0.15) is 18.4 Å². The minimum absolute atomic E-state index is 0.204. The minimum Gasteiger partial charge on any atom is -0.396 e. The molecule has 1 aromatic carbocycles. The summed E-state index contributed by atoms with van der Waals surface area (Å²) < 4.78 is 1.85. The first-order valence-corrected chi connectivity index (χ1v) is 8.31. The maximum atomic E-state index is 9.23. The molecule has 2 atom stereocenters. The van der Waals surface area contributed by atoms with Gasteiger partial charge in [0.1, 0.15) is 0 Å². The molecule has 5 heteroatoms. The van der Waals surface area contributed by atoms with Crippen LogP contribution >= 0.6 is 0 Å². The molecule has 0 bridgehead atoms. The smallest absolute Gasteiger partial charge is 0.0968 e. The Hall–Kier alpha value is -2.42. The first-order valence-electron chi connectivity index (χ1n) is 8.31. The van der Waals surface area contributed by atoms with Crippen molar-refractivity contribution in [2.24, 2.45) is 5.92 Å². The van der Waals surface area contributed by atoms with Gasteiger partial charge in [-0.15, -0.1) is 0 Å². The van der Waals surface area contributed by atoms with E-state index in [1.54, 1.807) is 0 Å². The molecule has 124 valence electrons. The van der Waals surface area contributed by atoms with Crippen LogP contribution in [0.2, 0.25) is 0 Å². The van der Waals surface area contributed by atoms with Gasteiger partial charge in [0.05, 0.1) is 24.7 Å². The van der Waals surface area contributed by atoms with E-state index in [4.69, 9.17) is 5.26 Å². The Kier molecular flexibility index (Phi) is 5.42. The van der Waals surface area contributed by atoms with Gasteiger partial charge in [-0.3, -0.25) is 4.68 Å². The van der Waals surface area contributed by atoms with Gasteiger partial charge in [-0.05, 0) is 6.42 Å². The van der Waals surface area contributed by atoms with Crippen molar-refractivity contribution in [1.29, 1.82) is 5.26 Å². The Balaban J connectivity index is 1.74. The Labute approximate surface area is 142 Å². The number of aromatic nitrogens is 2. The lowest BCUT2D eigenvalue weighted by Crippen LogP contribution is -2.26. The van der Waals surface area contributed by atoms with Gasteiger partial charge in [0.2, 0.25) is 0 Å². The van der Waals surface area contributed by atoms with E-state index in [-0.39, 0.29) is 18.6 Å². The monoisotopic (exact) mass is 322 g/mol. The number of benzene rings is 1. The second-order valence-electron chi connectivity index (χ2n) is 6.09. The summed E-state index contributed by atoms with van der Waals surface area (Å²) >= 11 is 0. The average molecular weight is 322 g/mol. The first kappa shape index (κ1) is 16.4. The number of nitrogens with one attached hydrogen (secondary N) is 1. The molecule has 24 heavy (non-hydrogen) atoms. The van der Waals surface area contributed by atoms with Crippen molar-refractivity contribution in [3.05, 3.63) is 54.2 Å². The molecular formula is C19H22N4O. The third-order valence-electron chi connectivity index (χ3n) is 4.30. The molecule has 2 N–H and O–H groups in total. The van der Waals surface area contributed by atoms with Crippen molar-refractivity contribution in [2.45, 2.75) is 32.0 Å². The number of hydrogen-bond donors (Lipinski definition) is 2. The quantitative estimate of drug-likeness (QED) is 0.768. The molecule has 0 unspecified atom stereocenters. The zero-order valence-electron chi connectivity index (χ0n) is 13.6. The Morgan fingerprint density at radius 3 is 2.83 bits per heavy atom. The summed E-state index contributed by atoms with van der Waals surface area (Å²) in [6.45, 7) is 1.52. The predicted octanol–water partition coefficient (Wildman–Crippen LogP) is 2.49. The van der Waals surface area contributed by atoms with Crippen molar-refractivity contribution in [2.75, 3.05) is 6.61 Å². The molecule has 3 rings (SSSR count). The fourth-order valence-electron chi connectivity index (χ4n) is 3.01. The zero-order valence-corrected chi connectivity index (χ0v) is 13.6. The van der Waals surface area contributed by atoms with E-state index in [0.29, 0.717) is 19.5 Å². The van der Waals surface area contributed by atoms with Crippen LogP contribution in [0.4, 0.5) is 0 Å². The zero-order chi connectivity index (χ0) is 16.8. The number of aryl methyl sites for hydroxylation is 1. The third kappa shape index (κ3) is 3.91. The van der Waals surface area contributed by atoms with Gasteiger partial charge in [-0.2, -0.15) is 10.4 Å². The van der Waals surface area contributed by atoms with Gasteiger partial charge >= 0.3 is 0 Å². The topological polar surface area (TPSA) is 73.9 Å². The minimum atomic E-state index is 0.204. The first-order chi connectivity index (χ1) is 11.8. The van der Waals surface area contributed by atoms with E-state index in [2.05, 4.69) is 40.8 Å². The van der Waals surface area contributed by atoms with E-state index >= 15 is 0 Å². The summed E-state index contributed by atoms with van der Waals surface area (Å²) in [6.07, 6.45) is 7.61. The lowest BCUT2D eigenvalue weighted by molar-refractivity contribution is 0.246. The van der Waals surface area contributed by atoms with Crippen LogP contribution in [0.3, 0.4) is 0 Å². The molecule has 0 fully saturated rings. The molecule has 0 spiro atoms. The second kappa shape index (κ2) is 7.91. The molecule has 0 aliphatic heterocycles. The maximum Gasteiger partial charge on any atom is 0.0968 e. The van der Waals surface area contributed by atoms with Crippen LogP contribution in [-0.4, -0.2) is 27.5 Å². The highest BCUT2D eigenvalue weighted by atomic mass is 16.3. The molecule has 1 heterocycles. The van der Waals surface area contributed by atoms with Crippen molar-refractivity contribution in [1.82, 2.24) is 15.1 Å². The number of aliphatic hydroxyl groups is 1. The maximum absolute atomic E-state index is 9.23. The van der Waals surface area contributed by atoms with Crippen molar-refractivity contribution < 1.29 is 5.11 Å².